The molecule has 2 aromatic rings. The molecule has 0 aliphatic carbocycles. The molecule has 1 unspecified atom stereocenters. The minimum Gasteiger partial charge on any atom is -0.423 e. The molecule has 3 nitrogen and oxygen atoms in total. The van der Waals surface area contributed by atoms with Gasteiger partial charge in [-0.15, -0.1) is 11.6 Å². The topological polar surface area (TPSA) is 42.1 Å². The molecule has 1 atom stereocenters. The molecule has 3 rings (SSSR count). The van der Waals surface area contributed by atoms with Crippen LogP contribution in [0.5, 0.6) is 0 Å². The Balaban J connectivity index is 2.20. The van der Waals surface area contributed by atoms with Gasteiger partial charge < -0.3 is 9.72 Å². The van der Waals surface area contributed by atoms with E-state index in [1.165, 1.54) is 0 Å². The molecule has 1 aliphatic heterocycles. The minimum atomic E-state index is -0.902. The normalized spacial score (nSPS) is 20.1. The zero-order chi connectivity index (χ0) is 12.0. The summed E-state index contributed by atoms with van der Waals surface area (Å²) >= 11 is 11.8. The summed E-state index contributed by atoms with van der Waals surface area (Å²) in [5, 5.41) is 0.279. The first-order valence-corrected chi connectivity index (χ1v) is 5.82. The Labute approximate surface area is 107 Å². The number of carbonyl (C=O) groups excluding carboxylic acids is 1. The fraction of sp³-hybridized carbons (Fsp3) is 0.0833. The number of aromatic amines is 1. The highest BCUT2D eigenvalue weighted by Gasteiger charge is 2.34. The summed E-state index contributed by atoms with van der Waals surface area (Å²) in [6.07, 6.45) is 1.75. The summed E-state index contributed by atoms with van der Waals surface area (Å²) in [6, 6.07) is 7.68. The van der Waals surface area contributed by atoms with Gasteiger partial charge in [-0.3, -0.25) is 0 Å². The number of benzene rings is 1. The van der Waals surface area contributed by atoms with Gasteiger partial charge in [0.25, 0.3) is 0 Å². The number of esters is 1. The average molecular weight is 268 g/mol. The number of nitrogens with one attached hydrogen (secondary N) is 1. The zero-order valence-electron chi connectivity index (χ0n) is 8.54. The van der Waals surface area contributed by atoms with Gasteiger partial charge in [0.15, 0.2) is 11.1 Å². The van der Waals surface area contributed by atoms with Crippen LogP contribution in [0, 0.1) is 0 Å². The Hall–Kier alpha value is -1.45. The number of hydrogen-bond acceptors (Lipinski definition) is 2. The monoisotopic (exact) mass is 267 g/mol. The largest absolute Gasteiger partial charge is 0.423 e. The van der Waals surface area contributed by atoms with Gasteiger partial charge in [0.05, 0.1) is 5.03 Å². The van der Waals surface area contributed by atoms with E-state index in [1.54, 1.807) is 6.20 Å². The van der Waals surface area contributed by atoms with Crippen molar-refractivity contribution in [3.05, 3.63) is 41.1 Å². The second-order valence-corrected chi connectivity index (χ2v) is 4.55. The van der Waals surface area contributed by atoms with Crippen molar-refractivity contribution < 1.29 is 9.53 Å². The molecule has 0 radical (unpaired) electrons. The van der Waals surface area contributed by atoms with E-state index in [1.807, 2.05) is 24.3 Å². The molecule has 0 fully saturated rings. The van der Waals surface area contributed by atoms with E-state index < -0.39 is 11.3 Å². The second kappa shape index (κ2) is 3.79. The number of fused-ring (bicyclic) bond motifs is 1. The third kappa shape index (κ3) is 1.54. The van der Waals surface area contributed by atoms with Gasteiger partial charge in [-0.2, -0.15) is 0 Å². The lowest BCUT2D eigenvalue weighted by Crippen LogP contribution is -2.08. The third-order valence-electron chi connectivity index (χ3n) is 2.68. The van der Waals surface area contributed by atoms with E-state index >= 15 is 0 Å². The summed E-state index contributed by atoms with van der Waals surface area (Å²) in [5.41, 5.74) is 1.70. The zero-order valence-corrected chi connectivity index (χ0v) is 10.0. The van der Waals surface area contributed by atoms with E-state index in [9.17, 15) is 4.79 Å². The lowest BCUT2D eigenvalue weighted by atomic mass is 10.1. The maximum Gasteiger partial charge on any atom is 0.335 e. The molecule has 0 amide bonds. The van der Waals surface area contributed by atoms with Crippen molar-refractivity contribution in [2.75, 3.05) is 0 Å². The van der Waals surface area contributed by atoms with Crippen LogP contribution in [0.25, 0.3) is 16.7 Å². The number of hydrogen-bond donors (Lipinski definition) is 1. The molecule has 2 heterocycles. The Morgan fingerprint density at radius 3 is 2.76 bits per heavy atom. The number of ether oxygens (including phenoxy) is 1. The first-order chi connectivity index (χ1) is 8.18. The fourth-order valence-electron chi connectivity index (χ4n) is 1.86. The van der Waals surface area contributed by atoms with Crippen molar-refractivity contribution in [2.24, 2.45) is 0 Å². The van der Waals surface area contributed by atoms with Gasteiger partial charge in [-0.25, -0.2) is 4.79 Å². The molecular weight excluding hydrogens is 261 g/mol. The van der Waals surface area contributed by atoms with Crippen LogP contribution in [0.2, 0.25) is 0 Å². The maximum atomic E-state index is 11.3. The van der Waals surface area contributed by atoms with Crippen LogP contribution in [0.1, 0.15) is 5.56 Å². The van der Waals surface area contributed by atoms with Crippen LogP contribution in [-0.2, 0) is 9.53 Å². The third-order valence-corrected chi connectivity index (χ3v) is 3.58. The number of carbonyl (C=O) groups is 1. The number of alkyl halides is 1. The second-order valence-electron chi connectivity index (χ2n) is 3.71. The quantitative estimate of drug-likeness (QED) is 0.637. The number of H-pyrrole nitrogens is 1. The molecule has 5 heteroatoms. The predicted octanol–water partition coefficient (Wildman–Crippen LogP) is 3.24. The summed E-state index contributed by atoms with van der Waals surface area (Å²) in [6.45, 7) is 0. The lowest BCUT2D eigenvalue weighted by molar-refractivity contribution is -0.133. The average Bonchev–Trinajstić information content (AvgIpc) is 2.86. The van der Waals surface area contributed by atoms with E-state index in [-0.39, 0.29) is 5.03 Å². The molecule has 1 aromatic carbocycles. The van der Waals surface area contributed by atoms with Gasteiger partial charge >= 0.3 is 5.97 Å². The molecule has 0 saturated carbocycles. The summed E-state index contributed by atoms with van der Waals surface area (Å²) < 4.78 is 5.10. The first kappa shape index (κ1) is 10.7. The number of aromatic nitrogens is 1. The molecule has 1 aliphatic rings. The number of cyclic esters (lactones) is 1. The summed E-state index contributed by atoms with van der Waals surface area (Å²) in [5.74, 6) is -0.189. The van der Waals surface area contributed by atoms with Crippen molar-refractivity contribution >= 4 is 45.8 Å². The first-order valence-electron chi connectivity index (χ1n) is 5.00. The molecule has 0 bridgehead atoms. The van der Waals surface area contributed by atoms with Gasteiger partial charge in [-0.05, 0) is 6.07 Å². The summed E-state index contributed by atoms with van der Waals surface area (Å²) in [4.78, 5) is 14.4. The molecule has 0 spiro atoms. The Morgan fingerprint density at radius 2 is 2.06 bits per heavy atom. The van der Waals surface area contributed by atoms with Gasteiger partial charge in [0.1, 0.15) is 0 Å². The predicted molar refractivity (Wildman–Crippen MR) is 66.8 cm³/mol. The van der Waals surface area contributed by atoms with Gasteiger partial charge in [0.2, 0.25) is 0 Å². The van der Waals surface area contributed by atoms with Crippen LogP contribution < -0.4 is 0 Å². The highest BCUT2D eigenvalue weighted by Crippen LogP contribution is 2.37. The molecule has 0 saturated heterocycles. The van der Waals surface area contributed by atoms with Crippen molar-refractivity contribution in [3.8, 4) is 0 Å². The van der Waals surface area contributed by atoms with Gasteiger partial charge in [0, 0.05) is 22.7 Å². The highest BCUT2D eigenvalue weighted by atomic mass is 35.5. The van der Waals surface area contributed by atoms with Crippen LogP contribution in [-0.4, -0.2) is 16.3 Å². The highest BCUT2D eigenvalue weighted by molar-refractivity contribution is 6.46. The van der Waals surface area contributed by atoms with Crippen LogP contribution in [0.15, 0.2) is 35.5 Å². The van der Waals surface area contributed by atoms with Crippen molar-refractivity contribution in [1.82, 2.24) is 4.98 Å². The molecule has 17 heavy (non-hydrogen) atoms. The Bertz CT molecular complexity index is 645. The molecular formula is C12H7Cl2NO2. The maximum absolute atomic E-state index is 11.3. The molecule has 1 aromatic heterocycles. The Morgan fingerprint density at radius 1 is 1.29 bits per heavy atom. The molecule has 1 N–H and O–H groups in total. The lowest BCUT2D eigenvalue weighted by Gasteiger charge is -1.99. The van der Waals surface area contributed by atoms with Crippen molar-refractivity contribution in [1.29, 1.82) is 0 Å². The SMILES string of the molecule is O=C1OC(c2c[nH]c3ccccc23)=C(Cl)C1Cl. The number of para-hydroxylation sites is 1. The van der Waals surface area contributed by atoms with E-state index in [2.05, 4.69) is 4.98 Å². The van der Waals surface area contributed by atoms with Crippen molar-refractivity contribution in [3.63, 3.8) is 0 Å². The summed E-state index contributed by atoms with van der Waals surface area (Å²) in [7, 11) is 0. The number of halogens is 2. The van der Waals surface area contributed by atoms with E-state index in [0.29, 0.717) is 5.76 Å². The standard InChI is InChI=1S/C12H7Cl2NO2/c13-9-10(14)12(16)17-11(9)7-5-15-8-4-2-1-3-6(7)8/h1-5,10,15H. The molecule has 86 valence electrons. The van der Waals surface area contributed by atoms with Gasteiger partial charge in [-0.1, -0.05) is 29.8 Å². The van der Waals surface area contributed by atoms with Crippen LogP contribution in [0.4, 0.5) is 0 Å². The minimum absolute atomic E-state index is 0.237. The number of rotatable bonds is 1. The van der Waals surface area contributed by atoms with Crippen molar-refractivity contribution in [2.45, 2.75) is 5.38 Å². The van der Waals surface area contributed by atoms with E-state index in [4.69, 9.17) is 27.9 Å². The Kier molecular flexibility index (Phi) is 2.38. The van der Waals surface area contributed by atoms with Crippen LogP contribution >= 0.6 is 23.2 Å². The van der Waals surface area contributed by atoms with Crippen LogP contribution in [0.3, 0.4) is 0 Å². The van der Waals surface area contributed by atoms with E-state index in [0.717, 1.165) is 16.5 Å². The smallest absolute Gasteiger partial charge is 0.335 e. The fourth-order valence-corrected chi connectivity index (χ4v) is 2.24.